The molecular weight excluding hydrogens is 444 g/mol. The Kier molecular flexibility index (Phi) is 5.71. The Bertz CT molecular complexity index is 1270. The highest BCUT2D eigenvalue weighted by atomic mass is 35.5. The van der Waals surface area contributed by atoms with Crippen LogP contribution in [0.2, 0.25) is 5.02 Å². The number of carbonyl (C=O) groups excluding carboxylic acids is 1. The SMILES string of the molecule is CNc1cc(Nc2cc(Cl)cn([C@H]3CCCN(C)C3)c2=O)nc2c(C(=O)NC3CC3)cnn12. The Balaban J connectivity index is 1.51. The smallest absolute Gasteiger partial charge is 0.274 e. The molecular formula is C22H27ClN8O2. The van der Waals surface area contributed by atoms with Gasteiger partial charge in [-0.2, -0.15) is 9.61 Å². The lowest BCUT2D eigenvalue weighted by molar-refractivity contribution is 0.0952. The highest BCUT2D eigenvalue weighted by molar-refractivity contribution is 6.30. The molecule has 2 aliphatic rings. The van der Waals surface area contributed by atoms with Gasteiger partial charge in [0.25, 0.3) is 11.5 Å². The number of likely N-dealkylation sites (N-methyl/N-ethyl adjacent to an activating group) is 1. The molecule has 10 nitrogen and oxygen atoms in total. The Morgan fingerprint density at radius 1 is 1.24 bits per heavy atom. The number of nitrogens with one attached hydrogen (secondary N) is 3. The summed E-state index contributed by atoms with van der Waals surface area (Å²) >= 11 is 6.39. The number of fused-ring (bicyclic) bond motifs is 1. The van der Waals surface area contributed by atoms with Gasteiger partial charge >= 0.3 is 0 Å². The minimum atomic E-state index is -0.203. The van der Waals surface area contributed by atoms with Crippen LogP contribution in [-0.4, -0.2) is 63.2 Å². The van der Waals surface area contributed by atoms with Gasteiger partial charge in [-0.3, -0.25) is 9.59 Å². The first kappa shape index (κ1) is 21.7. The number of piperidine rings is 1. The second-order valence-corrected chi connectivity index (χ2v) is 9.22. The Morgan fingerprint density at radius 2 is 2.06 bits per heavy atom. The molecule has 1 atom stereocenters. The zero-order valence-corrected chi connectivity index (χ0v) is 19.4. The van der Waals surface area contributed by atoms with Gasteiger partial charge in [0.1, 0.15) is 22.9 Å². The van der Waals surface area contributed by atoms with Gasteiger partial charge in [-0.15, -0.1) is 0 Å². The number of hydrogen-bond donors (Lipinski definition) is 3. The maximum atomic E-state index is 13.3. The van der Waals surface area contributed by atoms with Gasteiger partial charge in [0.2, 0.25) is 0 Å². The first-order valence-electron chi connectivity index (χ1n) is 11.2. The van der Waals surface area contributed by atoms with Crippen LogP contribution in [0.5, 0.6) is 0 Å². The van der Waals surface area contributed by atoms with Crippen molar-refractivity contribution in [3.05, 3.63) is 45.5 Å². The zero-order valence-electron chi connectivity index (χ0n) is 18.6. The second kappa shape index (κ2) is 8.68. The molecule has 3 aromatic rings. The summed E-state index contributed by atoms with van der Waals surface area (Å²) in [5, 5.41) is 13.9. The lowest BCUT2D eigenvalue weighted by Crippen LogP contribution is -2.38. The molecule has 1 amide bonds. The number of hydrogen-bond acceptors (Lipinski definition) is 7. The van der Waals surface area contributed by atoms with Gasteiger partial charge in [-0.05, 0) is 45.3 Å². The number of carbonyl (C=O) groups is 1. The van der Waals surface area contributed by atoms with E-state index < -0.39 is 0 Å². The number of likely N-dealkylation sites (tertiary alicyclic amines) is 1. The normalized spacial score (nSPS) is 18.9. The van der Waals surface area contributed by atoms with E-state index in [0.29, 0.717) is 33.6 Å². The van der Waals surface area contributed by atoms with Gasteiger partial charge in [-0.25, -0.2) is 4.98 Å². The zero-order chi connectivity index (χ0) is 23.1. The van der Waals surface area contributed by atoms with E-state index in [1.165, 1.54) is 6.20 Å². The molecule has 33 heavy (non-hydrogen) atoms. The van der Waals surface area contributed by atoms with Gasteiger partial charge in [0, 0.05) is 37.9 Å². The van der Waals surface area contributed by atoms with E-state index in [2.05, 4.69) is 38.0 Å². The van der Waals surface area contributed by atoms with Crippen molar-refractivity contribution in [1.29, 1.82) is 0 Å². The number of pyridine rings is 1. The number of halogens is 1. The van der Waals surface area contributed by atoms with Crippen LogP contribution in [0.1, 0.15) is 42.1 Å². The quantitative estimate of drug-likeness (QED) is 0.507. The number of nitrogens with zero attached hydrogens (tertiary/aromatic N) is 5. The minimum absolute atomic E-state index is 0.0614. The highest BCUT2D eigenvalue weighted by Gasteiger charge is 2.26. The molecule has 0 aromatic carbocycles. The van der Waals surface area contributed by atoms with E-state index in [9.17, 15) is 9.59 Å². The Hall–Kier alpha value is -3.11. The van der Waals surface area contributed by atoms with Crippen molar-refractivity contribution in [2.75, 3.05) is 37.8 Å². The van der Waals surface area contributed by atoms with Crippen molar-refractivity contribution < 1.29 is 4.79 Å². The fraction of sp³-hybridized carbons (Fsp3) is 0.455. The predicted molar refractivity (Wildman–Crippen MR) is 128 cm³/mol. The molecule has 11 heteroatoms. The summed E-state index contributed by atoms with van der Waals surface area (Å²) in [7, 11) is 3.82. The molecule has 2 fully saturated rings. The first-order valence-corrected chi connectivity index (χ1v) is 11.6. The molecule has 1 aliphatic carbocycles. The summed E-state index contributed by atoms with van der Waals surface area (Å²) in [5.41, 5.74) is 0.959. The maximum absolute atomic E-state index is 13.3. The van der Waals surface area contributed by atoms with Gasteiger partial charge in [0.15, 0.2) is 5.65 Å². The first-order chi connectivity index (χ1) is 15.9. The molecule has 1 saturated heterocycles. The molecule has 1 aliphatic heterocycles. The number of aromatic nitrogens is 4. The molecule has 0 bridgehead atoms. The third kappa shape index (κ3) is 4.40. The molecule has 0 radical (unpaired) electrons. The van der Waals surface area contributed by atoms with Gasteiger partial charge in [0.05, 0.1) is 11.2 Å². The molecule has 4 heterocycles. The fourth-order valence-electron chi connectivity index (χ4n) is 4.29. The average molecular weight is 471 g/mol. The number of amides is 1. The highest BCUT2D eigenvalue weighted by Crippen LogP contribution is 2.25. The summed E-state index contributed by atoms with van der Waals surface area (Å²) in [4.78, 5) is 32.8. The van der Waals surface area contributed by atoms with Crippen molar-refractivity contribution in [2.24, 2.45) is 0 Å². The third-order valence-electron chi connectivity index (χ3n) is 6.15. The van der Waals surface area contributed by atoms with Crippen LogP contribution < -0.4 is 21.5 Å². The lowest BCUT2D eigenvalue weighted by atomic mass is 10.1. The van der Waals surface area contributed by atoms with Crippen LogP contribution >= 0.6 is 11.6 Å². The van der Waals surface area contributed by atoms with Crippen LogP contribution in [0.25, 0.3) is 5.65 Å². The van der Waals surface area contributed by atoms with Crippen LogP contribution in [0.4, 0.5) is 17.3 Å². The van der Waals surface area contributed by atoms with Gasteiger partial charge in [-0.1, -0.05) is 11.6 Å². The third-order valence-corrected chi connectivity index (χ3v) is 6.36. The molecule has 174 valence electrons. The fourth-order valence-corrected chi connectivity index (χ4v) is 4.50. The standard InChI is InChI=1S/C22H27ClN8O2/c1-24-19-9-18(28-20-16(10-25-31(19)20)21(32)26-14-5-6-14)27-17-8-13(23)11-30(22(17)33)15-4-3-7-29(2)12-15/h8-11,14-15,24H,3-7,12H2,1-2H3,(H,26,32)(H,27,28)/t15-/m0/s1. The largest absolute Gasteiger partial charge is 0.373 e. The summed E-state index contributed by atoms with van der Waals surface area (Å²) in [5.74, 6) is 0.842. The summed E-state index contributed by atoms with van der Waals surface area (Å²) in [6.07, 6.45) is 7.14. The van der Waals surface area contributed by atoms with Crippen LogP contribution in [-0.2, 0) is 0 Å². The molecule has 5 rings (SSSR count). The molecule has 1 saturated carbocycles. The van der Waals surface area contributed by atoms with E-state index in [0.717, 1.165) is 38.8 Å². The summed E-state index contributed by atoms with van der Waals surface area (Å²) in [6.45, 7) is 1.82. The van der Waals surface area contributed by atoms with Crippen molar-refractivity contribution >= 4 is 40.5 Å². The van der Waals surface area contributed by atoms with E-state index >= 15 is 0 Å². The Morgan fingerprint density at radius 3 is 2.79 bits per heavy atom. The second-order valence-electron chi connectivity index (χ2n) is 8.79. The van der Waals surface area contributed by atoms with Crippen LogP contribution in [0, 0.1) is 0 Å². The van der Waals surface area contributed by atoms with Crippen molar-refractivity contribution in [2.45, 2.75) is 37.8 Å². The monoisotopic (exact) mass is 470 g/mol. The number of rotatable bonds is 6. The van der Waals surface area contributed by atoms with Crippen molar-refractivity contribution in [3.63, 3.8) is 0 Å². The van der Waals surface area contributed by atoms with Crippen LogP contribution in [0.3, 0.4) is 0 Å². The van der Waals surface area contributed by atoms with E-state index in [1.54, 1.807) is 34.5 Å². The average Bonchev–Trinajstić information content (AvgIpc) is 3.50. The predicted octanol–water partition coefficient (Wildman–Crippen LogP) is 2.49. The summed E-state index contributed by atoms with van der Waals surface area (Å²) in [6, 6.07) is 3.63. The van der Waals surface area contributed by atoms with E-state index in [1.807, 2.05) is 0 Å². The van der Waals surface area contributed by atoms with Gasteiger partial charge < -0.3 is 25.4 Å². The molecule has 3 aromatic heterocycles. The molecule has 3 N–H and O–H groups in total. The maximum Gasteiger partial charge on any atom is 0.274 e. The van der Waals surface area contributed by atoms with Crippen LogP contribution in [0.15, 0.2) is 29.3 Å². The van der Waals surface area contributed by atoms with Crippen molar-refractivity contribution in [1.82, 2.24) is 29.4 Å². The van der Waals surface area contributed by atoms with E-state index in [-0.39, 0.29) is 23.6 Å². The topological polar surface area (TPSA) is 109 Å². The van der Waals surface area contributed by atoms with E-state index in [4.69, 9.17) is 11.6 Å². The number of anilines is 3. The summed E-state index contributed by atoms with van der Waals surface area (Å²) < 4.78 is 3.28. The molecule has 0 unspecified atom stereocenters. The van der Waals surface area contributed by atoms with Crippen molar-refractivity contribution in [3.8, 4) is 0 Å². The Labute approximate surface area is 195 Å². The lowest BCUT2D eigenvalue weighted by Gasteiger charge is -2.31. The minimum Gasteiger partial charge on any atom is -0.373 e. The molecule has 0 spiro atoms.